The Labute approximate surface area is 244 Å². The molecule has 5 aromatic carbocycles. The van der Waals surface area contributed by atoms with Gasteiger partial charge in [0, 0.05) is 66.8 Å². The van der Waals surface area contributed by atoms with Gasteiger partial charge in [-0.15, -0.1) is 0 Å². The fourth-order valence-corrected chi connectivity index (χ4v) is 4.13. The van der Waals surface area contributed by atoms with E-state index in [1.54, 1.807) is 19.2 Å². The smallest absolute Gasteiger partial charge is 0.119 e. The molecule has 1 radical (unpaired) electrons. The van der Waals surface area contributed by atoms with E-state index in [4.69, 9.17) is 4.74 Å². The molecule has 0 saturated heterocycles. The van der Waals surface area contributed by atoms with Crippen molar-refractivity contribution in [1.29, 1.82) is 0 Å². The number of para-hydroxylation sites is 2. The van der Waals surface area contributed by atoms with Crippen LogP contribution >= 0.6 is 0 Å². The molecule has 5 rings (SSSR count). The molecule has 5 heteroatoms. The van der Waals surface area contributed by atoms with Gasteiger partial charge in [-0.1, -0.05) is 36.4 Å². The van der Waals surface area contributed by atoms with Gasteiger partial charge in [0.1, 0.15) is 11.5 Å². The first-order valence-corrected chi connectivity index (χ1v) is 11.5. The molecular formula is C32H29N2O2Y-. The second kappa shape index (κ2) is 13.1. The van der Waals surface area contributed by atoms with Crippen molar-refractivity contribution in [2.45, 2.75) is 0 Å². The zero-order chi connectivity index (χ0) is 24.0. The van der Waals surface area contributed by atoms with Crippen molar-refractivity contribution in [3.8, 4) is 11.5 Å². The molecule has 0 fully saturated rings. The number of nitrogens with zero attached hydrogens (tertiary/aromatic N) is 2. The molecular weight excluding hydrogens is 533 g/mol. The number of hydrogen-bond donors (Lipinski definition) is 1. The average molecular weight is 563 g/mol. The molecule has 0 amide bonds. The van der Waals surface area contributed by atoms with Crippen molar-refractivity contribution in [3.63, 3.8) is 0 Å². The molecule has 183 valence electrons. The van der Waals surface area contributed by atoms with Gasteiger partial charge >= 0.3 is 0 Å². The minimum Gasteiger partial charge on any atom is -0.508 e. The molecule has 0 atom stereocenters. The fraction of sp³-hybridized carbons (Fsp3) is 0.0312. The van der Waals surface area contributed by atoms with Gasteiger partial charge in [-0.3, -0.25) is 0 Å². The molecule has 0 unspecified atom stereocenters. The van der Waals surface area contributed by atoms with Crippen LogP contribution in [0.25, 0.3) is 0 Å². The van der Waals surface area contributed by atoms with Crippen molar-refractivity contribution < 1.29 is 42.6 Å². The number of benzene rings is 5. The molecule has 0 aliphatic rings. The summed E-state index contributed by atoms with van der Waals surface area (Å²) >= 11 is 0. The van der Waals surface area contributed by atoms with E-state index in [1.165, 1.54) is 0 Å². The molecule has 0 bridgehead atoms. The number of aromatic hydroxyl groups is 1. The summed E-state index contributed by atoms with van der Waals surface area (Å²) in [6, 6.07) is 44.4. The van der Waals surface area contributed by atoms with Crippen LogP contribution in [-0.4, -0.2) is 12.2 Å². The Hall–Kier alpha value is -3.60. The Kier molecular flexibility index (Phi) is 9.90. The Morgan fingerprint density at radius 1 is 0.459 bits per heavy atom. The van der Waals surface area contributed by atoms with E-state index in [9.17, 15) is 5.11 Å². The summed E-state index contributed by atoms with van der Waals surface area (Å²) in [6.45, 7) is 0. The zero-order valence-electron chi connectivity index (χ0n) is 21.0. The van der Waals surface area contributed by atoms with E-state index in [0.29, 0.717) is 0 Å². The van der Waals surface area contributed by atoms with E-state index < -0.39 is 0 Å². The van der Waals surface area contributed by atoms with Crippen LogP contribution in [0.15, 0.2) is 133 Å². The van der Waals surface area contributed by atoms with Crippen LogP contribution in [0.5, 0.6) is 11.5 Å². The summed E-state index contributed by atoms with van der Waals surface area (Å²) in [6.07, 6.45) is 0. The maximum atomic E-state index is 9.79. The molecule has 5 aromatic rings. The molecule has 0 aliphatic heterocycles. The van der Waals surface area contributed by atoms with Gasteiger partial charge in [0.05, 0.1) is 7.11 Å². The molecule has 0 saturated carbocycles. The predicted octanol–water partition coefficient (Wildman–Crippen LogP) is 8.79. The fourth-order valence-electron chi connectivity index (χ4n) is 4.13. The average Bonchev–Trinajstić information content (AvgIpc) is 2.93. The maximum Gasteiger partial charge on any atom is 0.119 e. The van der Waals surface area contributed by atoms with Crippen LogP contribution in [-0.2, 0) is 32.7 Å². The van der Waals surface area contributed by atoms with Crippen LogP contribution in [0.4, 0.5) is 34.1 Å². The summed E-state index contributed by atoms with van der Waals surface area (Å²) in [4.78, 5) is 4.39. The van der Waals surface area contributed by atoms with E-state index >= 15 is 0 Å². The summed E-state index contributed by atoms with van der Waals surface area (Å²) < 4.78 is 5.35. The SMILES string of the molecule is COc1ccc(N(c2ccccc2)c2ccc(N(c3ccccc3)c3ccc(O)cc3)cc2)cc1.[CH3-].[Y]. The van der Waals surface area contributed by atoms with Crippen LogP contribution in [0.3, 0.4) is 0 Å². The third kappa shape index (κ3) is 6.40. The first kappa shape index (κ1) is 28.0. The van der Waals surface area contributed by atoms with Crippen molar-refractivity contribution in [3.05, 3.63) is 141 Å². The van der Waals surface area contributed by atoms with Crippen molar-refractivity contribution in [2.24, 2.45) is 0 Å². The predicted molar refractivity (Wildman–Crippen MR) is 150 cm³/mol. The van der Waals surface area contributed by atoms with Gasteiger partial charge in [-0.25, -0.2) is 0 Å². The summed E-state index contributed by atoms with van der Waals surface area (Å²) in [7, 11) is 1.68. The topological polar surface area (TPSA) is 35.9 Å². The molecule has 4 nitrogen and oxygen atoms in total. The van der Waals surface area contributed by atoms with Gasteiger partial charge in [0.25, 0.3) is 0 Å². The standard InChI is InChI=1S/C31H26N2O2.CH3.Y/c1-35-31-22-18-29(19-23-31)33(25-10-6-3-7-11-25)27-14-12-26(13-15-27)32(24-8-4-2-5-9-24)28-16-20-30(34)21-17-28;;/h2-23,34H,1H3;1H3;/q;-1;. The van der Waals surface area contributed by atoms with Crippen molar-refractivity contribution >= 4 is 34.1 Å². The summed E-state index contributed by atoms with van der Waals surface area (Å²) in [5.74, 6) is 1.07. The van der Waals surface area contributed by atoms with Crippen molar-refractivity contribution in [1.82, 2.24) is 0 Å². The molecule has 0 aliphatic carbocycles. The second-order valence-corrected chi connectivity index (χ2v) is 8.07. The first-order valence-electron chi connectivity index (χ1n) is 11.5. The van der Waals surface area contributed by atoms with Gasteiger partial charge in [-0.05, 0) is 97.1 Å². The Morgan fingerprint density at radius 3 is 1.11 bits per heavy atom. The molecule has 1 N–H and O–H groups in total. The largest absolute Gasteiger partial charge is 0.508 e. The minimum atomic E-state index is 0. The van der Waals surface area contributed by atoms with Crippen LogP contribution in [0.2, 0.25) is 0 Å². The van der Waals surface area contributed by atoms with E-state index in [-0.39, 0.29) is 45.9 Å². The zero-order valence-corrected chi connectivity index (χ0v) is 23.9. The number of phenols is 1. The van der Waals surface area contributed by atoms with Crippen molar-refractivity contribution in [2.75, 3.05) is 16.9 Å². The quantitative estimate of drug-likeness (QED) is 0.201. The maximum absolute atomic E-state index is 9.79. The van der Waals surface area contributed by atoms with Gasteiger partial charge in [0.15, 0.2) is 0 Å². The second-order valence-electron chi connectivity index (χ2n) is 8.07. The molecule has 0 heterocycles. The van der Waals surface area contributed by atoms with E-state index in [1.807, 2.05) is 60.7 Å². The van der Waals surface area contributed by atoms with Crippen LogP contribution in [0.1, 0.15) is 0 Å². The number of methoxy groups -OCH3 is 1. The third-order valence-corrected chi connectivity index (χ3v) is 5.83. The number of phenolic OH excluding ortho intramolecular Hbond substituents is 1. The number of ether oxygens (including phenoxy) is 1. The summed E-state index contributed by atoms with van der Waals surface area (Å²) in [5.41, 5.74) is 6.20. The van der Waals surface area contributed by atoms with Gasteiger partial charge in [0.2, 0.25) is 0 Å². The summed E-state index contributed by atoms with van der Waals surface area (Å²) in [5, 5.41) is 9.79. The number of hydrogen-bond acceptors (Lipinski definition) is 4. The normalized spacial score (nSPS) is 9.97. The van der Waals surface area contributed by atoms with Gasteiger partial charge < -0.3 is 27.1 Å². The minimum absolute atomic E-state index is 0. The van der Waals surface area contributed by atoms with E-state index in [2.05, 4.69) is 70.5 Å². The third-order valence-electron chi connectivity index (χ3n) is 5.83. The van der Waals surface area contributed by atoms with E-state index in [0.717, 1.165) is 39.9 Å². The van der Waals surface area contributed by atoms with Gasteiger partial charge in [-0.2, -0.15) is 0 Å². The Balaban J connectivity index is 0.00000190. The number of anilines is 6. The molecule has 0 aromatic heterocycles. The van der Waals surface area contributed by atoms with Crippen LogP contribution < -0.4 is 14.5 Å². The number of rotatable bonds is 7. The molecule has 37 heavy (non-hydrogen) atoms. The Morgan fingerprint density at radius 2 is 0.757 bits per heavy atom. The Bertz CT molecular complexity index is 1360. The van der Waals surface area contributed by atoms with Crippen LogP contribution in [0, 0.1) is 7.43 Å². The molecule has 0 spiro atoms. The first-order chi connectivity index (χ1) is 17.2. The monoisotopic (exact) mass is 562 g/mol.